The number of fused-ring (bicyclic) bond motifs is 9. The Hall–Kier alpha value is -3.77. The molecule has 0 bridgehead atoms. The van der Waals surface area contributed by atoms with Crippen molar-refractivity contribution in [3.63, 3.8) is 0 Å². The van der Waals surface area contributed by atoms with Gasteiger partial charge in [-0.2, -0.15) is 5.26 Å². The van der Waals surface area contributed by atoms with E-state index in [9.17, 15) is 14.9 Å². The van der Waals surface area contributed by atoms with E-state index in [1.54, 1.807) is 28.8 Å². The number of halogens is 1. The van der Waals surface area contributed by atoms with Crippen LogP contribution in [0.15, 0.2) is 70.0 Å². The summed E-state index contributed by atoms with van der Waals surface area (Å²) >= 11 is 6.08. The second-order valence-corrected chi connectivity index (χ2v) is 33.2. The Morgan fingerprint density at radius 1 is 0.714 bits per heavy atom. The maximum Gasteiger partial charge on any atom is 0.226 e. The molecule has 7 fully saturated rings. The van der Waals surface area contributed by atoms with Crippen LogP contribution in [0.2, 0.25) is 19.6 Å². The largest absolute Gasteiger partial charge is 0.347 e. The second-order valence-electron chi connectivity index (χ2n) is 28.2. The molecule has 0 aromatic heterocycles. The van der Waals surface area contributed by atoms with Crippen molar-refractivity contribution in [1.29, 1.82) is 5.26 Å². The molecule has 0 N–H and O–H groups in total. The highest BCUT2D eigenvalue weighted by atomic mass is 35.5. The molecule has 11 aliphatic rings. The number of ether oxygens (including phenoxy) is 4. The summed E-state index contributed by atoms with van der Waals surface area (Å²) in [6.07, 6.45) is 36.1. The van der Waals surface area contributed by atoms with Crippen LogP contribution in [0, 0.1) is 108 Å². The van der Waals surface area contributed by atoms with Crippen LogP contribution in [0.3, 0.4) is 0 Å². The fraction of sp³-hybridized carbons (Fsp3) is 0.701. The number of rotatable bonds is 1. The summed E-state index contributed by atoms with van der Waals surface area (Å²) in [6, 6.07) is 1.93. The Labute approximate surface area is 470 Å². The summed E-state index contributed by atoms with van der Waals surface area (Å²) in [5.41, 5.74) is 8.43. The Balaban J connectivity index is 0.000000152. The predicted octanol–water partition coefficient (Wildman–Crippen LogP) is 15.8. The number of ketones is 2. The van der Waals surface area contributed by atoms with E-state index in [1.165, 1.54) is 76.7 Å². The van der Waals surface area contributed by atoms with Crippen LogP contribution in [0.1, 0.15) is 172 Å². The molecule has 0 unspecified atom stereocenters. The number of Topliss-reactive ketones (excluding diaryl/α,β-unsaturated/α-hetero) is 1. The zero-order valence-corrected chi connectivity index (χ0v) is 50.0. The van der Waals surface area contributed by atoms with Gasteiger partial charge in [0.05, 0.1) is 49.4 Å². The Bertz CT molecular complexity index is 2790. The third-order valence-corrected chi connectivity index (χ3v) is 23.3. The first-order valence-corrected chi connectivity index (χ1v) is 32.9. The highest BCUT2D eigenvalue weighted by Gasteiger charge is 2.68. The molecule has 2 aliphatic heterocycles. The van der Waals surface area contributed by atoms with E-state index in [2.05, 4.69) is 102 Å². The van der Waals surface area contributed by atoms with Crippen LogP contribution in [0.25, 0.3) is 4.85 Å². The van der Waals surface area contributed by atoms with Gasteiger partial charge in [-0.3, -0.25) is 4.79 Å². The van der Waals surface area contributed by atoms with Gasteiger partial charge in [0.1, 0.15) is 14.1 Å². The monoisotopic (exact) mass is 1080 g/mol. The zero-order chi connectivity index (χ0) is 55.2. The molecule has 10 heteroatoms. The van der Waals surface area contributed by atoms with E-state index in [-0.39, 0.29) is 80.2 Å². The molecule has 5 saturated carbocycles. The minimum atomic E-state index is -1.37. The lowest BCUT2D eigenvalue weighted by Crippen LogP contribution is -2.61. The predicted molar refractivity (Wildman–Crippen MR) is 311 cm³/mol. The lowest BCUT2D eigenvalue weighted by atomic mass is 9.43. The van der Waals surface area contributed by atoms with Crippen molar-refractivity contribution in [2.45, 2.75) is 204 Å². The number of carbonyl (C=O) groups is 2. The summed E-state index contributed by atoms with van der Waals surface area (Å²) < 4.78 is 25.0. The quantitative estimate of drug-likeness (QED) is 0.112. The van der Waals surface area contributed by atoms with Crippen LogP contribution in [-0.4, -0.2) is 57.6 Å². The van der Waals surface area contributed by atoms with Crippen LogP contribution >= 0.6 is 11.6 Å². The van der Waals surface area contributed by atoms with Crippen molar-refractivity contribution < 1.29 is 28.5 Å². The topological polar surface area (TPSA) is 99.2 Å². The van der Waals surface area contributed by atoms with E-state index in [4.69, 9.17) is 43.5 Å². The molecule has 0 amide bonds. The molecule has 2 heterocycles. The molecule has 0 aromatic carbocycles. The summed E-state index contributed by atoms with van der Waals surface area (Å²) in [6.45, 7) is 37.8. The molecule has 0 radical (unpaired) electrons. The van der Waals surface area contributed by atoms with Crippen LogP contribution in [0.4, 0.5) is 0 Å². The maximum absolute atomic E-state index is 12.7. The van der Waals surface area contributed by atoms with Gasteiger partial charge in [-0.1, -0.05) is 143 Å². The maximum atomic E-state index is 12.7. The fourth-order valence-corrected chi connectivity index (χ4v) is 19.4. The van der Waals surface area contributed by atoms with Gasteiger partial charge in [-0.25, -0.2) is 4.85 Å². The van der Waals surface area contributed by atoms with Gasteiger partial charge >= 0.3 is 0 Å². The molecule has 8 nitrogen and oxygen atoms in total. The highest BCUT2D eigenvalue weighted by molar-refractivity contribution is 6.83. The van der Waals surface area contributed by atoms with Crippen LogP contribution in [0.5, 0.6) is 0 Å². The Morgan fingerprint density at radius 3 is 1.78 bits per heavy atom. The molecule has 9 aliphatic carbocycles. The number of terminal acetylenes is 1. The average molecular weight is 1080 g/mol. The third-order valence-electron chi connectivity index (χ3n) is 22.3. The molecule has 77 heavy (non-hydrogen) atoms. The normalized spacial score (nSPS) is 39.1. The summed E-state index contributed by atoms with van der Waals surface area (Å²) in [5, 5.41) is 9.22. The van der Waals surface area contributed by atoms with Gasteiger partial charge in [-0.15, -0.1) is 12.0 Å². The number of hydrogen-bond donors (Lipinski definition) is 0. The van der Waals surface area contributed by atoms with Gasteiger partial charge in [0.25, 0.3) is 0 Å². The molecule has 0 aromatic rings. The lowest BCUT2D eigenvalue weighted by molar-refractivity contribution is -0.284. The van der Waals surface area contributed by atoms with Gasteiger partial charge in [0, 0.05) is 45.5 Å². The Kier molecular flexibility index (Phi) is 15.7. The fourth-order valence-electron chi connectivity index (χ4n) is 18.6. The third kappa shape index (κ3) is 9.07. The minimum absolute atomic E-state index is 0. The SMILES string of the molecule is C.CC1(C)[C@@H]2CC[C@@]3(C#C[Si](C)(C)C)CCCC=C3[C@@]2(C)CCC12OCCO2.CC1(C)[C@@H]2CC[C@@]3(C=CCl)CCCC=C3[C@@]2(C)CCC12OCCO2.[C-]#[N+]C1=C[C@]2(C)C3=CC(=O)C(C#N)=C[C@]3(C#C)CC[C@H]2C(C)(C)C1=O. The van der Waals surface area contributed by atoms with Crippen molar-refractivity contribution in [2.75, 3.05) is 26.4 Å². The molecule has 2 spiro atoms. The smallest absolute Gasteiger partial charge is 0.226 e. The van der Waals surface area contributed by atoms with Gasteiger partial charge in [0.15, 0.2) is 23.1 Å². The van der Waals surface area contributed by atoms with Gasteiger partial charge in [-0.05, 0) is 142 Å². The van der Waals surface area contributed by atoms with Crippen molar-refractivity contribution in [3.8, 4) is 29.9 Å². The Morgan fingerprint density at radius 2 is 1.25 bits per heavy atom. The first-order valence-electron chi connectivity index (χ1n) is 28.9. The molecular weight excluding hydrogens is 992 g/mol. The van der Waals surface area contributed by atoms with Crippen molar-refractivity contribution in [2.24, 2.45) is 66.5 Å². The standard InChI is InChI=1S/C24H38O2Si.C21H31ClO2.C21H18N2O2.CH4/c1-21(2)19-10-12-23(15-18-27(4,5)6)11-8-7-9-20(23)22(19,3)13-14-24(21)25-16-17-26-24;1-18(2)16-7-9-20(12-13-22)8-5-4-6-17(20)19(16,3)10-11-21(18)23-14-15-24-21;1-6-21-8-7-16-19(2,3)18(25)14(23-5)11-20(16,4)17(21)9-15(24)13(10-21)12-22;/h9,19H,7-8,10-14,16-17H2,1-6H3;6,12-13,16H,4-5,7-11,14-15H2,1-3H3;1,9-11,16H,7-8H2,2-4H3;1H4/t19-,22-,23+;16-,19-,20+;16-,20-,21-;/m000./s1. The first-order chi connectivity index (χ1) is 35.6. The van der Waals surface area contributed by atoms with Crippen molar-refractivity contribution in [3.05, 3.63) is 81.4 Å². The number of hydrogen-bond acceptors (Lipinski definition) is 7. The van der Waals surface area contributed by atoms with Gasteiger partial charge < -0.3 is 23.7 Å². The zero-order valence-electron chi connectivity index (χ0n) is 48.2. The minimum Gasteiger partial charge on any atom is -0.347 e. The molecule has 9 atom stereocenters. The van der Waals surface area contributed by atoms with E-state index < -0.39 is 24.3 Å². The van der Waals surface area contributed by atoms with Crippen LogP contribution in [-0.2, 0) is 28.5 Å². The van der Waals surface area contributed by atoms with E-state index in [1.807, 2.05) is 26.8 Å². The van der Waals surface area contributed by atoms with E-state index in [0.717, 1.165) is 51.3 Å². The van der Waals surface area contributed by atoms with Crippen molar-refractivity contribution >= 4 is 31.2 Å². The molecule has 416 valence electrons. The molecule has 11 rings (SSSR count). The van der Waals surface area contributed by atoms with Crippen molar-refractivity contribution in [1.82, 2.24) is 0 Å². The number of allylic oxidation sites excluding steroid dienone is 11. The highest BCUT2D eigenvalue weighted by Crippen LogP contribution is 2.71. The number of nitriles is 1. The average Bonchev–Trinajstić information content (AvgIpc) is 4.22. The van der Waals surface area contributed by atoms with E-state index >= 15 is 0 Å². The molecule has 2 saturated heterocycles. The summed E-state index contributed by atoms with van der Waals surface area (Å²) in [4.78, 5) is 28.5. The number of nitrogens with zero attached hydrogens (tertiary/aromatic N) is 2. The first kappa shape index (κ1) is 59.4. The summed E-state index contributed by atoms with van der Waals surface area (Å²) in [5.74, 6) is 6.58. The molecular formula is C67H91ClN2O6Si. The van der Waals surface area contributed by atoms with E-state index in [0.29, 0.717) is 24.7 Å². The lowest BCUT2D eigenvalue weighted by Gasteiger charge is -2.64. The van der Waals surface area contributed by atoms with Gasteiger partial charge in [0.2, 0.25) is 5.70 Å². The second kappa shape index (κ2) is 20.3. The van der Waals surface area contributed by atoms with Crippen LogP contribution < -0.4 is 0 Å². The number of carbonyl (C=O) groups excluding carboxylic acids is 2. The summed E-state index contributed by atoms with van der Waals surface area (Å²) in [7, 11) is -1.37.